The average molecular weight is 225 g/mol. The van der Waals surface area contributed by atoms with Gasteiger partial charge in [-0.15, -0.1) is 0 Å². The zero-order chi connectivity index (χ0) is 10.8. The molecule has 0 aliphatic heterocycles. The number of hydrogen-bond donors (Lipinski definition) is 0. The van der Waals surface area contributed by atoms with Gasteiger partial charge < -0.3 is 0 Å². The monoisotopic (exact) mass is 224 g/mol. The molecule has 0 saturated carbocycles. The molecule has 0 radical (unpaired) electrons. The van der Waals surface area contributed by atoms with E-state index in [0.29, 0.717) is 10.6 Å². The van der Waals surface area contributed by atoms with Crippen molar-refractivity contribution in [3.05, 3.63) is 59.1 Å². The third-order valence-corrected chi connectivity index (χ3v) is 2.40. The smallest absolute Gasteiger partial charge is 0.124 e. The quantitative estimate of drug-likeness (QED) is 0.678. The van der Waals surface area contributed by atoms with Gasteiger partial charge in [-0.05, 0) is 35.9 Å². The van der Waals surface area contributed by atoms with Gasteiger partial charge in [-0.2, -0.15) is 0 Å². The van der Waals surface area contributed by atoms with Crippen molar-refractivity contribution in [2.45, 2.75) is 0 Å². The Kier molecular flexibility index (Phi) is 2.69. The van der Waals surface area contributed by atoms with Crippen LogP contribution in [0.1, 0.15) is 0 Å². The highest BCUT2D eigenvalue weighted by atomic mass is 35.5. The molecule has 0 aliphatic rings. The summed E-state index contributed by atoms with van der Waals surface area (Å²) in [6, 6.07) is 10.0. The third kappa shape index (κ3) is 2.16. The van der Waals surface area contributed by atoms with Gasteiger partial charge >= 0.3 is 0 Å². The molecule has 2 aromatic rings. The third-order valence-electron chi connectivity index (χ3n) is 2.09. The molecule has 0 spiro atoms. The first-order chi connectivity index (χ1) is 7.16. The summed E-state index contributed by atoms with van der Waals surface area (Å²) in [7, 11) is 0. The average Bonchev–Trinajstić information content (AvgIpc) is 2.20. The number of halogens is 3. The maximum Gasteiger partial charge on any atom is 0.124 e. The predicted octanol–water partition coefficient (Wildman–Crippen LogP) is 4.29. The minimum absolute atomic E-state index is 0.308. The van der Waals surface area contributed by atoms with Crippen LogP contribution in [0, 0.1) is 11.6 Å². The van der Waals surface area contributed by atoms with E-state index in [1.165, 1.54) is 24.3 Å². The normalized spacial score (nSPS) is 10.3. The second-order valence-corrected chi connectivity index (χ2v) is 3.54. The van der Waals surface area contributed by atoms with E-state index in [1.807, 2.05) is 0 Å². The first-order valence-corrected chi connectivity index (χ1v) is 4.75. The van der Waals surface area contributed by atoms with Crippen LogP contribution in [-0.2, 0) is 0 Å². The summed E-state index contributed by atoms with van der Waals surface area (Å²) in [5, 5.41) is 0.321. The molecule has 2 aromatic carbocycles. The van der Waals surface area contributed by atoms with Crippen LogP contribution in [-0.4, -0.2) is 0 Å². The van der Waals surface area contributed by atoms with E-state index in [2.05, 4.69) is 0 Å². The summed E-state index contributed by atoms with van der Waals surface area (Å²) in [6.45, 7) is 0. The molecule has 0 amide bonds. The highest BCUT2D eigenvalue weighted by Crippen LogP contribution is 2.28. The van der Waals surface area contributed by atoms with E-state index >= 15 is 0 Å². The Balaban J connectivity index is 2.49. The fraction of sp³-hybridized carbons (Fsp3) is 0. The van der Waals surface area contributed by atoms with Gasteiger partial charge in [-0.25, -0.2) is 8.78 Å². The zero-order valence-corrected chi connectivity index (χ0v) is 8.43. The molecular formula is C12H7ClF2. The van der Waals surface area contributed by atoms with Gasteiger partial charge in [0.15, 0.2) is 0 Å². The Morgan fingerprint density at radius 3 is 2.00 bits per heavy atom. The molecule has 0 N–H and O–H groups in total. The standard InChI is InChI=1S/C12H7ClF2/c13-12-7-10(15)5-6-11(12)8-1-3-9(14)4-2-8/h1-7H. The molecule has 0 aromatic heterocycles. The zero-order valence-electron chi connectivity index (χ0n) is 7.68. The summed E-state index contributed by atoms with van der Waals surface area (Å²) in [4.78, 5) is 0. The maximum atomic E-state index is 12.8. The Bertz CT molecular complexity index is 477. The highest BCUT2D eigenvalue weighted by Gasteiger charge is 2.04. The molecule has 0 nitrogen and oxygen atoms in total. The minimum atomic E-state index is -0.383. The lowest BCUT2D eigenvalue weighted by Gasteiger charge is -2.04. The van der Waals surface area contributed by atoms with Crippen molar-refractivity contribution >= 4 is 11.6 Å². The van der Waals surface area contributed by atoms with Gasteiger partial charge in [0.2, 0.25) is 0 Å². The van der Waals surface area contributed by atoms with Gasteiger partial charge in [0, 0.05) is 5.56 Å². The van der Waals surface area contributed by atoms with Gasteiger partial charge in [0.05, 0.1) is 5.02 Å². The lowest BCUT2D eigenvalue weighted by molar-refractivity contribution is 0.627. The molecule has 3 heteroatoms. The van der Waals surface area contributed by atoms with Gasteiger partial charge in [-0.1, -0.05) is 23.7 Å². The summed E-state index contributed by atoms with van der Waals surface area (Å²) in [6.07, 6.45) is 0. The Labute approximate surface area is 91.1 Å². The van der Waals surface area contributed by atoms with E-state index < -0.39 is 0 Å². The lowest BCUT2D eigenvalue weighted by atomic mass is 10.1. The van der Waals surface area contributed by atoms with Crippen LogP contribution in [0.4, 0.5) is 8.78 Å². The van der Waals surface area contributed by atoms with E-state index in [4.69, 9.17) is 11.6 Å². The van der Waals surface area contributed by atoms with Crippen LogP contribution >= 0.6 is 11.6 Å². The van der Waals surface area contributed by atoms with Crippen molar-refractivity contribution in [3.8, 4) is 11.1 Å². The molecule has 76 valence electrons. The molecule has 0 aliphatic carbocycles. The van der Waals surface area contributed by atoms with Gasteiger partial charge in [0.1, 0.15) is 11.6 Å². The van der Waals surface area contributed by atoms with Crippen molar-refractivity contribution in [2.24, 2.45) is 0 Å². The van der Waals surface area contributed by atoms with E-state index in [0.717, 1.165) is 5.56 Å². The number of rotatable bonds is 1. The van der Waals surface area contributed by atoms with Gasteiger partial charge in [-0.3, -0.25) is 0 Å². The lowest BCUT2D eigenvalue weighted by Crippen LogP contribution is -1.82. The molecule has 0 atom stereocenters. The number of benzene rings is 2. The van der Waals surface area contributed by atoms with E-state index in [1.54, 1.807) is 18.2 Å². The number of hydrogen-bond acceptors (Lipinski definition) is 0. The van der Waals surface area contributed by atoms with E-state index in [-0.39, 0.29) is 11.6 Å². The van der Waals surface area contributed by atoms with Crippen molar-refractivity contribution in [2.75, 3.05) is 0 Å². The first kappa shape index (κ1) is 10.1. The highest BCUT2D eigenvalue weighted by molar-refractivity contribution is 6.33. The second kappa shape index (κ2) is 3.99. The summed E-state index contributed by atoms with van der Waals surface area (Å²) in [5.41, 5.74) is 1.46. The fourth-order valence-electron chi connectivity index (χ4n) is 1.35. The Morgan fingerprint density at radius 1 is 0.800 bits per heavy atom. The van der Waals surface area contributed by atoms with Crippen LogP contribution in [0.2, 0.25) is 5.02 Å². The molecule has 0 heterocycles. The fourth-order valence-corrected chi connectivity index (χ4v) is 1.63. The predicted molar refractivity (Wildman–Crippen MR) is 56.8 cm³/mol. The summed E-state index contributed by atoms with van der Waals surface area (Å²) >= 11 is 5.87. The van der Waals surface area contributed by atoms with E-state index in [9.17, 15) is 8.78 Å². The minimum Gasteiger partial charge on any atom is -0.207 e. The molecule has 0 saturated heterocycles. The summed E-state index contributed by atoms with van der Waals surface area (Å²) in [5.74, 6) is -0.692. The van der Waals surface area contributed by atoms with Crippen LogP contribution in [0.25, 0.3) is 11.1 Å². The maximum absolute atomic E-state index is 12.8. The largest absolute Gasteiger partial charge is 0.207 e. The molecule has 15 heavy (non-hydrogen) atoms. The van der Waals surface area contributed by atoms with Crippen LogP contribution in [0.5, 0.6) is 0 Å². The molecule has 0 fully saturated rings. The van der Waals surface area contributed by atoms with Crippen molar-refractivity contribution in [3.63, 3.8) is 0 Å². The molecule has 0 unspecified atom stereocenters. The topological polar surface area (TPSA) is 0 Å². The Morgan fingerprint density at radius 2 is 1.40 bits per heavy atom. The Hall–Kier alpha value is -1.41. The van der Waals surface area contributed by atoms with Crippen molar-refractivity contribution < 1.29 is 8.78 Å². The molecular weight excluding hydrogens is 218 g/mol. The second-order valence-electron chi connectivity index (χ2n) is 3.13. The van der Waals surface area contributed by atoms with Crippen molar-refractivity contribution in [1.29, 1.82) is 0 Å². The van der Waals surface area contributed by atoms with Crippen LogP contribution < -0.4 is 0 Å². The molecule has 2 rings (SSSR count). The SMILES string of the molecule is Fc1ccc(-c2ccc(F)cc2Cl)cc1. The van der Waals surface area contributed by atoms with Crippen molar-refractivity contribution in [1.82, 2.24) is 0 Å². The van der Waals surface area contributed by atoms with Crippen LogP contribution in [0.15, 0.2) is 42.5 Å². The first-order valence-electron chi connectivity index (χ1n) is 4.38. The van der Waals surface area contributed by atoms with Gasteiger partial charge in [0.25, 0.3) is 0 Å². The van der Waals surface area contributed by atoms with Crippen LogP contribution in [0.3, 0.4) is 0 Å². The summed E-state index contributed by atoms with van der Waals surface area (Å²) < 4.78 is 25.5. The molecule has 0 bridgehead atoms.